The molecule has 0 spiro atoms. The molecule has 0 aromatic carbocycles. The van der Waals surface area contributed by atoms with Gasteiger partial charge in [0.2, 0.25) is 0 Å². The van der Waals surface area contributed by atoms with E-state index in [9.17, 15) is 18.7 Å². The summed E-state index contributed by atoms with van der Waals surface area (Å²) in [5.41, 5.74) is -2.36. The van der Waals surface area contributed by atoms with Crippen LogP contribution in [-0.4, -0.2) is 27.7 Å². The lowest BCUT2D eigenvalue weighted by Gasteiger charge is -2.39. The van der Waals surface area contributed by atoms with Crippen LogP contribution in [-0.2, 0) is 4.79 Å². The molecule has 1 aliphatic carbocycles. The van der Waals surface area contributed by atoms with Gasteiger partial charge < -0.3 is 10.2 Å². The van der Waals surface area contributed by atoms with Gasteiger partial charge in [-0.25, -0.2) is 4.79 Å². The summed E-state index contributed by atoms with van der Waals surface area (Å²) in [6, 6.07) is 0. The number of carboxylic acid groups (broad SMARTS) is 1. The van der Waals surface area contributed by atoms with Crippen molar-refractivity contribution < 1.29 is 23.8 Å². The first-order chi connectivity index (χ1) is 7.33. The van der Waals surface area contributed by atoms with Crippen molar-refractivity contribution in [2.75, 3.05) is 0 Å². The number of rotatable bonds is 4. The quantitative estimate of drug-likeness (QED) is 0.788. The molecule has 0 aromatic rings. The van der Waals surface area contributed by atoms with Crippen LogP contribution in [0.4, 0.5) is 8.78 Å². The zero-order valence-corrected chi connectivity index (χ0v) is 9.38. The smallest absolute Gasteiger partial charge is 0.377 e. The van der Waals surface area contributed by atoms with E-state index in [-0.39, 0.29) is 12.8 Å². The van der Waals surface area contributed by atoms with Gasteiger partial charge in [0.05, 0.1) is 0 Å². The molecule has 0 amide bonds. The highest BCUT2D eigenvalue weighted by Crippen LogP contribution is 2.43. The Morgan fingerprint density at radius 1 is 1.44 bits per heavy atom. The molecule has 0 saturated heterocycles. The zero-order chi connectivity index (χ0) is 12.4. The van der Waals surface area contributed by atoms with Gasteiger partial charge in [-0.05, 0) is 31.6 Å². The molecule has 0 aliphatic heterocycles. The molecule has 3 nitrogen and oxygen atoms in total. The van der Waals surface area contributed by atoms with E-state index < -0.39 is 17.5 Å². The van der Waals surface area contributed by atoms with E-state index in [2.05, 4.69) is 0 Å². The number of carbonyl (C=O) groups is 1. The van der Waals surface area contributed by atoms with E-state index in [1.54, 1.807) is 0 Å². The Balaban J connectivity index is 2.66. The predicted molar refractivity (Wildman–Crippen MR) is 54.4 cm³/mol. The van der Waals surface area contributed by atoms with Gasteiger partial charge in [-0.2, -0.15) is 8.78 Å². The SMILES string of the molecule is CCCC1CCC(O)(C(F)(F)C(=O)O)CC1. The third-order valence-corrected chi connectivity index (χ3v) is 3.48. The fourth-order valence-electron chi connectivity index (χ4n) is 2.37. The maximum atomic E-state index is 13.3. The molecule has 1 saturated carbocycles. The fourth-order valence-corrected chi connectivity index (χ4v) is 2.37. The largest absolute Gasteiger partial charge is 0.477 e. The first kappa shape index (κ1) is 13.4. The van der Waals surface area contributed by atoms with Crippen molar-refractivity contribution in [1.82, 2.24) is 0 Å². The van der Waals surface area contributed by atoms with Crippen LogP contribution in [0.1, 0.15) is 45.4 Å². The molecule has 0 radical (unpaired) electrons. The lowest BCUT2D eigenvalue weighted by molar-refractivity contribution is -0.217. The van der Waals surface area contributed by atoms with Crippen LogP contribution >= 0.6 is 0 Å². The Morgan fingerprint density at radius 3 is 2.31 bits per heavy atom. The average Bonchev–Trinajstić information content (AvgIpc) is 2.21. The highest BCUT2D eigenvalue weighted by Gasteiger charge is 2.59. The van der Waals surface area contributed by atoms with E-state index in [0.29, 0.717) is 18.8 Å². The third kappa shape index (κ3) is 2.34. The van der Waals surface area contributed by atoms with Crippen molar-refractivity contribution in [3.8, 4) is 0 Å². The monoisotopic (exact) mass is 236 g/mol. The summed E-state index contributed by atoms with van der Waals surface area (Å²) < 4.78 is 26.6. The second kappa shape index (κ2) is 4.65. The van der Waals surface area contributed by atoms with Crippen molar-refractivity contribution in [3.05, 3.63) is 0 Å². The number of hydrogen-bond donors (Lipinski definition) is 2. The topological polar surface area (TPSA) is 57.5 Å². The number of aliphatic carboxylic acids is 1. The maximum absolute atomic E-state index is 13.3. The highest BCUT2D eigenvalue weighted by molar-refractivity contribution is 5.77. The average molecular weight is 236 g/mol. The van der Waals surface area contributed by atoms with Gasteiger partial charge in [0.1, 0.15) is 5.60 Å². The molecule has 5 heteroatoms. The first-order valence-electron chi connectivity index (χ1n) is 5.67. The lowest BCUT2D eigenvalue weighted by atomic mass is 9.74. The van der Waals surface area contributed by atoms with Gasteiger partial charge in [-0.1, -0.05) is 19.8 Å². The van der Waals surface area contributed by atoms with Gasteiger partial charge in [-0.3, -0.25) is 0 Å². The summed E-state index contributed by atoms with van der Waals surface area (Å²) in [4.78, 5) is 10.4. The number of halogens is 2. The predicted octanol–water partition coefficient (Wildman–Crippen LogP) is 2.43. The Kier molecular flexibility index (Phi) is 3.88. The molecule has 2 N–H and O–H groups in total. The van der Waals surface area contributed by atoms with Crippen molar-refractivity contribution in [3.63, 3.8) is 0 Å². The molecule has 94 valence electrons. The normalized spacial score (nSPS) is 31.4. The lowest BCUT2D eigenvalue weighted by Crippen LogP contribution is -2.55. The fraction of sp³-hybridized carbons (Fsp3) is 0.909. The van der Waals surface area contributed by atoms with Crippen LogP contribution in [0.25, 0.3) is 0 Å². The minimum Gasteiger partial charge on any atom is -0.477 e. The summed E-state index contributed by atoms with van der Waals surface area (Å²) in [7, 11) is 0. The van der Waals surface area contributed by atoms with Crippen LogP contribution in [0.5, 0.6) is 0 Å². The van der Waals surface area contributed by atoms with Crippen LogP contribution in [0.3, 0.4) is 0 Å². The van der Waals surface area contributed by atoms with Crippen molar-refractivity contribution >= 4 is 5.97 Å². The Bertz CT molecular complexity index is 258. The standard InChI is InChI=1S/C11H18F2O3/c1-2-3-8-4-6-10(16,7-5-8)11(12,13)9(14)15/h8,16H,2-7H2,1H3,(H,14,15). The molecular weight excluding hydrogens is 218 g/mol. The van der Waals surface area contributed by atoms with Gasteiger partial charge in [0.15, 0.2) is 0 Å². The Labute approximate surface area is 93.5 Å². The third-order valence-electron chi connectivity index (χ3n) is 3.48. The number of carboxylic acids is 1. The number of alkyl halides is 2. The van der Waals surface area contributed by atoms with E-state index in [0.717, 1.165) is 12.8 Å². The molecular formula is C11H18F2O3. The van der Waals surface area contributed by atoms with Crippen molar-refractivity contribution in [2.45, 2.75) is 57.0 Å². The molecule has 1 aliphatic rings. The van der Waals surface area contributed by atoms with Gasteiger partial charge in [-0.15, -0.1) is 0 Å². The minimum atomic E-state index is -4.04. The van der Waals surface area contributed by atoms with E-state index in [1.807, 2.05) is 6.92 Å². The van der Waals surface area contributed by atoms with Crippen LogP contribution in [0.15, 0.2) is 0 Å². The molecule has 0 heterocycles. The number of aliphatic hydroxyl groups is 1. The Hall–Kier alpha value is -0.710. The van der Waals surface area contributed by atoms with Crippen molar-refractivity contribution in [2.24, 2.45) is 5.92 Å². The Morgan fingerprint density at radius 2 is 1.94 bits per heavy atom. The summed E-state index contributed by atoms with van der Waals surface area (Å²) in [6.45, 7) is 2.02. The van der Waals surface area contributed by atoms with Gasteiger partial charge in [0.25, 0.3) is 0 Å². The number of hydrogen-bond acceptors (Lipinski definition) is 2. The molecule has 0 aromatic heterocycles. The summed E-state index contributed by atoms with van der Waals surface area (Å²) in [6.07, 6.45) is 2.64. The molecule has 0 unspecified atom stereocenters. The van der Waals surface area contributed by atoms with Crippen LogP contribution in [0.2, 0.25) is 0 Å². The van der Waals surface area contributed by atoms with E-state index >= 15 is 0 Å². The second-order valence-electron chi connectivity index (χ2n) is 4.64. The summed E-state index contributed by atoms with van der Waals surface area (Å²) in [5.74, 6) is -5.93. The molecule has 16 heavy (non-hydrogen) atoms. The van der Waals surface area contributed by atoms with Gasteiger partial charge >= 0.3 is 11.9 Å². The zero-order valence-electron chi connectivity index (χ0n) is 9.38. The van der Waals surface area contributed by atoms with E-state index in [1.165, 1.54) is 0 Å². The van der Waals surface area contributed by atoms with E-state index in [4.69, 9.17) is 5.11 Å². The second-order valence-corrected chi connectivity index (χ2v) is 4.64. The molecule has 1 rings (SSSR count). The highest BCUT2D eigenvalue weighted by atomic mass is 19.3. The summed E-state index contributed by atoms with van der Waals surface area (Å²) in [5, 5.41) is 18.1. The van der Waals surface area contributed by atoms with Gasteiger partial charge in [0, 0.05) is 0 Å². The first-order valence-corrected chi connectivity index (χ1v) is 5.67. The minimum absolute atomic E-state index is 0.128. The summed E-state index contributed by atoms with van der Waals surface area (Å²) >= 11 is 0. The molecule has 0 atom stereocenters. The maximum Gasteiger partial charge on any atom is 0.377 e. The van der Waals surface area contributed by atoms with Crippen LogP contribution < -0.4 is 0 Å². The van der Waals surface area contributed by atoms with Crippen LogP contribution in [0, 0.1) is 5.92 Å². The van der Waals surface area contributed by atoms with Crippen molar-refractivity contribution in [1.29, 1.82) is 0 Å². The molecule has 0 bridgehead atoms. The molecule has 1 fully saturated rings.